The maximum Gasteiger partial charge on any atom is 0.327 e. The molecular formula is C11H18N4O2. The first-order valence-corrected chi connectivity index (χ1v) is 5.46. The summed E-state index contributed by atoms with van der Waals surface area (Å²) < 4.78 is 0. The second kappa shape index (κ2) is 7.72. The van der Waals surface area contributed by atoms with Crippen LogP contribution in [0.4, 0.5) is 0 Å². The average Bonchev–Trinajstić information content (AvgIpc) is 2.35. The Labute approximate surface area is 101 Å². The van der Waals surface area contributed by atoms with E-state index in [2.05, 4.69) is 9.82 Å². The van der Waals surface area contributed by atoms with Crippen LogP contribution < -0.4 is 11.4 Å². The Morgan fingerprint density at radius 2 is 2.35 bits per heavy atom. The SMILES string of the molecule is CN(CCC(=O)ONN)CCc1ccccn1. The van der Waals surface area contributed by atoms with E-state index in [1.54, 1.807) is 6.20 Å². The van der Waals surface area contributed by atoms with Crippen LogP contribution in [0.15, 0.2) is 24.4 Å². The smallest absolute Gasteiger partial charge is 0.327 e. The highest BCUT2D eigenvalue weighted by Crippen LogP contribution is 1.97. The van der Waals surface area contributed by atoms with Crippen LogP contribution in [-0.2, 0) is 16.1 Å². The third kappa shape index (κ3) is 5.96. The van der Waals surface area contributed by atoms with E-state index in [9.17, 15) is 4.79 Å². The summed E-state index contributed by atoms with van der Waals surface area (Å²) in [6, 6.07) is 5.84. The third-order valence-corrected chi connectivity index (χ3v) is 2.35. The van der Waals surface area contributed by atoms with Crippen LogP contribution >= 0.6 is 0 Å². The average molecular weight is 238 g/mol. The minimum atomic E-state index is -0.364. The van der Waals surface area contributed by atoms with E-state index >= 15 is 0 Å². The van der Waals surface area contributed by atoms with Gasteiger partial charge in [-0.2, -0.15) is 0 Å². The van der Waals surface area contributed by atoms with Gasteiger partial charge in [-0.3, -0.25) is 9.78 Å². The van der Waals surface area contributed by atoms with Crippen molar-refractivity contribution < 1.29 is 9.63 Å². The minimum Gasteiger partial charge on any atom is -0.356 e. The summed E-state index contributed by atoms with van der Waals surface area (Å²) in [5.74, 6) is 4.49. The van der Waals surface area contributed by atoms with E-state index in [1.807, 2.05) is 35.7 Å². The van der Waals surface area contributed by atoms with Gasteiger partial charge in [-0.25, -0.2) is 5.84 Å². The van der Waals surface area contributed by atoms with Crippen LogP contribution in [0.25, 0.3) is 0 Å². The second-order valence-electron chi connectivity index (χ2n) is 3.72. The first-order chi connectivity index (χ1) is 8.22. The van der Waals surface area contributed by atoms with Crippen LogP contribution in [-0.4, -0.2) is 36.0 Å². The molecule has 0 saturated heterocycles. The van der Waals surface area contributed by atoms with Crippen molar-refractivity contribution in [1.82, 2.24) is 15.5 Å². The van der Waals surface area contributed by atoms with Crippen LogP contribution in [0, 0.1) is 0 Å². The number of aromatic nitrogens is 1. The van der Waals surface area contributed by atoms with Crippen molar-refractivity contribution in [3.8, 4) is 0 Å². The van der Waals surface area contributed by atoms with Crippen molar-refractivity contribution in [2.24, 2.45) is 5.84 Å². The summed E-state index contributed by atoms with van der Waals surface area (Å²) in [7, 11) is 1.95. The third-order valence-electron chi connectivity index (χ3n) is 2.35. The lowest BCUT2D eigenvalue weighted by Gasteiger charge is -2.15. The van der Waals surface area contributed by atoms with Gasteiger partial charge in [-0.1, -0.05) is 11.7 Å². The number of nitrogens with two attached hydrogens (primary N) is 1. The number of rotatable bonds is 7. The molecule has 0 saturated carbocycles. The van der Waals surface area contributed by atoms with E-state index in [4.69, 9.17) is 5.84 Å². The van der Waals surface area contributed by atoms with Crippen molar-refractivity contribution in [2.45, 2.75) is 12.8 Å². The number of carbonyl (C=O) groups excluding carboxylic acids is 1. The quantitative estimate of drug-likeness (QED) is 0.508. The molecule has 0 bridgehead atoms. The number of hydrazine groups is 1. The summed E-state index contributed by atoms with van der Waals surface area (Å²) in [5.41, 5.74) is 2.92. The van der Waals surface area contributed by atoms with Gasteiger partial charge >= 0.3 is 5.97 Å². The van der Waals surface area contributed by atoms with Gasteiger partial charge in [0.1, 0.15) is 0 Å². The number of hydrogen-bond donors (Lipinski definition) is 2. The molecule has 0 amide bonds. The molecule has 6 heteroatoms. The Kier molecular flexibility index (Phi) is 6.16. The molecule has 0 atom stereocenters. The predicted octanol–water partition coefficient (Wildman–Crippen LogP) is -0.132. The summed E-state index contributed by atoms with van der Waals surface area (Å²) in [6.45, 7) is 1.48. The molecule has 0 fully saturated rings. The van der Waals surface area contributed by atoms with Crippen molar-refractivity contribution in [3.05, 3.63) is 30.1 Å². The maximum absolute atomic E-state index is 11.0. The van der Waals surface area contributed by atoms with E-state index in [-0.39, 0.29) is 5.97 Å². The standard InChI is InChI=1S/C11H18N4O2/c1-15(9-6-11(16)17-14-12)8-5-10-4-2-3-7-13-10/h2-4,7,14H,5-6,8-9,12H2,1H3. The first-order valence-electron chi connectivity index (χ1n) is 5.46. The number of likely N-dealkylation sites (N-methyl/N-ethyl adjacent to an activating group) is 1. The molecule has 0 aliphatic rings. The Hall–Kier alpha value is -1.50. The molecule has 0 aliphatic carbocycles. The Bertz CT molecular complexity index is 332. The second-order valence-corrected chi connectivity index (χ2v) is 3.72. The van der Waals surface area contributed by atoms with Crippen molar-refractivity contribution >= 4 is 5.97 Å². The van der Waals surface area contributed by atoms with Crippen LogP contribution in [0.2, 0.25) is 0 Å². The van der Waals surface area contributed by atoms with Crippen LogP contribution in [0.5, 0.6) is 0 Å². The fourth-order valence-electron chi connectivity index (χ4n) is 1.36. The molecule has 1 aromatic heterocycles. The molecule has 1 heterocycles. The van der Waals surface area contributed by atoms with Crippen molar-refractivity contribution in [3.63, 3.8) is 0 Å². The minimum absolute atomic E-state index is 0.308. The van der Waals surface area contributed by atoms with E-state index in [0.717, 1.165) is 18.7 Å². The van der Waals surface area contributed by atoms with Crippen molar-refractivity contribution in [2.75, 3.05) is 20.1 Å². The van der Waals surface area contributed by atoms with E-state index < -0.39 is 0 Å². The predicted molar refractivity (Wildman–Crippen MR) is 63.5 cm³/mol. The maximum atomic E-state index is 11.0. The molecule has 3 N–H and O–H groups in total. The molecule has 94 valence electrons. The summed E-state index contributed by atoms with van der Waals surface area (Å²) in [5, 5.41) is 0. The van der Waals surface area contributed by atoms with Crippen molar-refractivity contribution in [1.29, 1.82) is 0 Å². The fraction of sp³-hybridized carbons (Fsp3) is 0.455. The molecular weight excluding hydrogens is 220 g/mol. The zero-order valence-corrected chi connectivity index (χ0v) is 9.93. The van der Waals surface area contributed by atoms with Gasteiger partial charge in [-0.15, -0.1) is 0 Å². The number of carbonyl (C=O) groups is 1. The van der Waals surface area contributed by atoms with Crippen LogP contribution in [0.1, 0.15) is 12.1 Å². The van der Waals surface area contributed by atoms with Crippen LogP contribution in [0.3, 0.4) is 0 Å². The molecule has 0 spiro atoms. The molecule has 17 heavy (non-hydrogen) atoms. The molecule has 0 radical (unpaired) electrons. The normalized spacial score (nSPS) is 10.5. The zero-order chi connectivity index (χ0) is 12.5. The Morgan fingerprint density at radius 3 is 3.00 bits per heavy atom. The highest BCUT2D eigenvalue weighted by Gasteiger charge is 2.05. The summed E-state index contributed by atoms with van der Waals surface area (Å²) in [6.07, 6.45) is 2.95. The fourth-order valence-corrected chi connectivity index (χ4v) is 1.36. The Morgan fingerprint density at radius 1 is 1.53 bits per heavy atom. The molecule has 1 rings (SSSR count). The highest BCUT2D eigenvalue weighted by atomic mass is 16.7. The topological polar surface area (TPSA) is 80.5 Å². The highest BCUT2D eigenvalue weighted by molar-refractivity contribution is 5.69. The first kappa shape index (κ1) is 13.6. The van der Waals surface area contributed by atoms with Gasteiger partial charge in [0.05, 0.1) is 6.42 Å². The van der Waals surface area contributed by atoms with E-state index in [0.29, 0.717) is 13.0 Å². The molecule has 6 nitrogen and oxygen atoms in total. The number of hydrogen-bond acceptors (Lipinski definition) is 6. The molecule has 0 aliphatic heterocycles. The lowest BCUT2D eigenvalue weighted by Crippen LogP contribution is -2.29. The summed E-state index contributed by atoms with van der Waals surface area (Å²) in [4.78, 5) is 21.7. The van der Waals surface area contributed by atoms with Gasteiger partial charge in [0.25, 0.3) is 0 Å². The van der Waals surface area contributed by atoms with Gasteiger partial charge < -0.3 is 9.74 Å². The number of nitrogens with zero attached hydrogens (tertiary/aromatic N) is 2. The summed E-state index contributed by atoms with van der Waals surface area (Å²) >= 11 is 0. The monoisotopic (exact) mass is 238 g/mol. The van der Waals surface area contributed by atoms with E-state index in [1.165, 1.54) is 0 Å². The number of nitrogens with one attached hydrogen (secondary N) is 1. The Balaban J connectivity index is 2.17. The van der Waals surface area contributed by atoms with Gasteiger partial charge in [0.15, 0.2) is 0 Å². The zero-order valence-electron chi connectivity index (χ0n) is 9.93. The largest absolute Gasteiger partial charge is 0.356 e. The lowest BCUT2D eigenvalue weighted by molar-refractivity contribution is -0.151. The molecule has 0 unspecified atom stereocenters. The number of pyridine rings is 1. The van der Waals surface area contributed by atoms with Gasteiger partial charge in [0.2, 0.25) is 0 Å². The molecule has 0 aromatic carbocycles. The molecule has 1 aromatic rings. The lowest BCUT2D eigenvalue weighted by atomic mass is 10.2. The van der Waals surface area contributed by atoms with Gasteiger partial charge in [-0.05, 0) is 19.2 Å². The van der Waals surface area contributed by atoms with Gasteiger partial charge in [0, 0.05) is 31.4 Å².